The molecule has 2 aliphatic rings. The van der Waals surface area contributed by atoms with Crippen molar-refractivity contribution in [3.63, 3.8) is 0 Å². The molecule has 0 spiro atoms. The Morgan fingerprint density at radius 1 is 1.44 bits per heavy atom. The van der Waals surface area contributed by atoms with Crippen LogP contribution in [0.1, 0.15) is 59.3 Å². The van der Waals surface area contributed by atoms with Crippen molar-refractivity contribution in [2.75, 3.05) is 13.1 Å². The van der Waals surface area contributed by atoms with E-state index in [1.54, 1.807) is 0 Å². The van der Waals surface area contributed by atoms with Crippen LogP contribution in [-0.2, 0) is 25.8 Å². The lowest BCUT2D eigenvalue weighted by Gasteiger charge is -2.22. The predicted molar refractivity (Wildman–Crippen MR) is 94.5 cm³/mol. The zero-order valence-electron chi connectivity index (χ0n) is 14.8. The minimum absolute atomic E-state index is 0.102. The predicted octanol–water partition coefficient (Wildman–Crippen LogP) is 2.45. The number of nitrogens with one attached hydrogen (secondary N) is 2. The largest absolute Gasteiger partial charge is 0.456 e. The molecule has 134 valence electrons. The highest BCUT2D eigenvalue weighted by Crippen LogP contribution is 2.22. The Kier molecular flexibility index (Phi) is 4.61. The first kappa shape index (κ1) is 16.4. The van der Waals surface area contributed by atoms with Crippen molar-refractivity contribution < 1.29 is 9.21 Å². The number of fused-ring (bicyclic) bond motifs is 1. The topological polar surface area (TPSA) is 74.2 Å². The van der Waals surface area contributed by atoms with E-state index in [2.05, 4.69) is 27.3 Å². The quantitative estimate of drug-likeness (QED) is 0.875. The van der Waals surface area contributed by atoms with Crippen molar-refractivity contribution in [1.82, 2.24) is 20.4 Å². The van der Waals surface area contributed by atoms with Gasteiger partial charge in [0.25, 0.3) is 5.91 Å². The number of nitrogens with zero attached hydrogens (tertiary/aromatic N) is 2. The lowest BCUT2D eigenvalue weighted by molar-refractivity contribution is 0.0903. The number of rotatable bonds is 5. The molecule has 0 aromatic carbocycles. The summed E-state index contributed by atoms with van der Waals surface area (Å²) in [4.78, 5) is 15.1. The molecule has 3 heterocycles. The Bertz CT molecular complexity index is 742. The van der Waals surface area contributed by atoms with Gasteiger partial charge < -0.3 is 9.73 Å². The molecule has 1 aliphatic carbocycles. The number of hydrogen-bond donors (Lipinski definition) is 2. The average molecular weight is 342 g/mol. The monoisotopic (exact) mass is 342 g/mol. The van der Waals surface area contributed by atoms with Gasteiger partial charge in [0.15, 0.2) is 5.76 Å². The number of H-pyrrole nitrogens is 1. The molecule has 2 aromatic rings. The molecular formula is C19H26N4O2. The van der Waals surface area contributed by atoms with Gasteiger partial charge in [-0.25, -0.2) is 0 Å². The maximum Gasteiger partial charge on any atom is 0.287 e. The van der Waals surface area contributed by atoms with E-state index >= 15 is 0 Å². The van der Waals surface area contributed by atoms with E-state index in [1.807, 2.05) is 12.3 Å². The van der Waals surface area contributed by atoms with Crippen LogP contribution in [-0.4, -0.2) is 40.1 Å². The maximum atomic E-state index is 12.6. The lowest BCUT2D eigenvalue weighted by Crippen LogP contribution is -2.38. The summed E-state index contributed by atoms with van der Waals surface area (Å²) in [5, 5.41) is 10.3. The molecule has 1 amide bonds. The van der Waals surface area contributed by atoms with Gasteiger partial charge in [-0.3, -0.25) is 14.8 Å². The number of carbonyl (C=O) groups excluding carboxylic acids is 1. The Balaban J connectivity index is 1.42. The Morgan fingerprint density at radius 2 is 2.28 bits per heavy atom. The van der Waals surface area contributed by atoms with Crippen LogP contribution >= 0.6 is 0 Å². The van der Waals surface area contributed by atoms with E-state index in [0.717, 1.165) is 62.3 Å². The summed E-state index contributed by atoms with van der Waals surface area (Å²) in [5.74, 6) is 1.29. The number of hydrogen-bond acceptors (Lipinski definition) is 4. The highest BCUT2D eigenvalue weighted by atomic mass is 16.4. The summed E-state index contributed by atoms with van der Waals surface area (Å²) >= 11 is 0. The molecule has 0 bridgehead atoms. The van der Waals surface area contributed by atoms with Crippen molar-refractivity contribution >= 4 is 5.91 Å². The molecule has 1 saturated heterocycles. The van der Waals surface area contributed by atoms with E-state index in [4.69, 9.17) is 4.42 Å². The molecule has 25 heavy (non-hydrogen) atoms. The van der Waals surface area contributed by atoms with Crippen LogP contribution in [0.3, 0.4) is 0 Å². The van der Waals surface area contributed by atoms with E-state index < -0.39 is 0 Å². The van der Waals surface area contributed by atoms with Crippen molar-refractivity contribution in [2.45, 2.75) is 58.0 Å². The second-order valence-electron chi connectivity index (χ2n) is 7.18. The molecule has 2 aromatic heterocycles. The van der Waals surface area contributed by atoms with Gasteiger partial charge in [0.05, 0.1) is 6.20 Å². The number of likely N-dealkylation sites (tertiary alicyclic amines) is 1. The Hall–Kier alpha value is -2.08. The standard InChI is InChI=1S/C19H26N4O2/c1-2-17-14(12-23-7-3-4-8-23)9-18(25-17)19(24)21-15-6-5-13-11-20-22-16(13)10-15/h9,11,15H,2-8,10,12H2,1H3,(H,20,22)(H,21,24). The van der Waals surface area contributed by atoms with E-state index in [-0.39, 0.29) is 11.9 Å². The molecule has 1 aliphatic heterocycles. The van der Waals surface area contributed by atoms with Crippen LogP contribution in [0.4, 0.5) is 0 Å². The zero-order chi connectivity index (χ0) is 17.2. The second-order valence-corrected chi connectivity index (χ2v) is 7.18. The highest BCUT2D eigenvalue weighted by Gasteiger charge is 2.24. The van der Waals surface area contributed by atoms with E-state index in [0.29, 0.717) is 5.76 Å². The first-order valence-corrected chi connectivity index (χ1v) is 9.39. The van der Waals surface area contributed by atoms with Gasteiger partial charge in [-0.05, 0) is 50.4 Å². The van der Waals surface area contributed by atoms with Crippen LogP contribution in [0, 0.1) is 0 Å². The molecule has 0 saturated carbocycles. The third-order valence-corrected chi connectivity index (χ3v) is 5.39. The van der Waals surface area contributed by atoms with Crippen LogP contribution in [0.25, 0.3) is 0 Å². The van der Waals surface area contributed by atoms with Crippen LogP contribution in [0.15, 0.2) is 16.7 Å². The molecule has 2 N–H and O–H groups in total. The van der Waals surface area contributed by atoms with Gasteiger partial charge in [-0.15, -0.1) is 0 Å². The first-order valence-electron chi connectivity index (χ1n) is 9.39. The number of aromatic nitrogens is 2. The normalized spacial score (nSPS) is 20.6. The van der Waals surface area contributed by atoms with Crippen molar-refractivity contribution in [1.29, 1.82) is 0 Å². The summed E-state index contributed by atoms with van der Waals surface area (Å²) < 4.78 is 5.87. The molecule has 1 atom stereocenters. The second kappa shape index (κ2) is 7.04. The third kappa shape index (κ3) is 3.49. The molecular weight excluding hydrogens is 316 g/mol. The fourth-order valence-electron chi connectivity index (χ4n) is 3.98. The smallest absolute Gasteiger partial charge is 0.287 e. The Labute approximate surface area is 148 Å². The molecule has 4 rings (SSSR count). The van der Waals surface area contributed by atoms with Gasteiger partial charge in [0.1, 0.15) is 5.76 Å². The van der Waals surface area contributed by atoms with Crippen LogP contribution in [0.2, 0.25) is 0 Å². The van der Waals surface area contributed by atoms with Gasteiger partial charge in [-0.1, -0.05) is 6.92 Å². The van der Waals surface area contributed by atoms with Crippen molar-refractivity contribution in [2.24, 2.45) is 0 Å². The van der Waals surface area contributed by atoms with Gasteiger partial charge >= 0.3 is 0 Å². The van der Waals surface area contributed by atoms with Gasteiger partial charge in [-0.2, -0.15) is 5.10 Å². The number of aromatic amines is 1. The average Bonchev–Trinajstić information content (AvgIpc) is 3.35. The summed E-state index contributed by atoms with van der Waals surface area (Å²) in [5.41, 5.74) is 3.57. The number of furan rings is 1. The fourth-order valence-corrected chi connectivity index (χ4v) is 3.98. The molecule has 1 unspecified atom stereocenters. The van der Waals surface area contributed by atoms with Gasteiger partial charge in [0, 0.05) is 36.7 Å². The third-order valence-electron chi connectivity index (χ3n) is 5.39. The van der Waals surface area contributed by atoms with Crippen molar-refractivity contribution in [3.8, 4) is 0 Å². The van der Waals surface area contributed by atoms with Crippen LogP contribution < -0.4 is 5.32 Å². The van der Waals surface area contributed by atoms with Crippen molar-refractivity contribution in [3.05, 3.63) is 40.6 Å². The summed E-state index contributed by atoms with van der Waals surface area (Å²) in [6.45, 7) is 5.25. The number of aryl methyl sites for hydroxylation is 2. The maximum absolute atomic E-state index is 12.6. The van der Waals surface area contributed by atoms with Gasteiger partial charge in [0.2, 0.25) is 0 Å². The molecule has 0 radical (unpaired) electrons. The van der Waals surface area contributed by atoms with E-state index in [1.165, 1.54) is 18.4 Å². The minimum atomic E-state index is -0.102. The summed E-state index contributed by atoms with van der Waals surface area (Å²) in [6.07, 6.45) is 7.95. The molecule has 6 heteroatoms. The number of carbonyl (C=O) groups is 1. The molecule has 6 nitrogen and oxygen atoms in total. The van der Waals surface area contributed by atoms with Crippen LogP contribution in [0.5, 0.6) is 0 Å². The Morgan fingerprint density at radius 3 is 3.08 bits per heavy atom. The zero-order valence-corrected chi connectivity index (χ0v) is 14.8. The highest BCUT2D eigenvalue weighted by molar-refractivity contribution is 5.92. The summed E-state index contributed by atoms with van der Waals surface area (Å²) in [6, 6.07) is 2.08. The fraction of sp³-hybridized carbons (Fsp3) is 0.579. The minimum Gasteiger partial charge on any atom is -0.456 e. The number of amides is 1. The summed E-state index contributed by atoms with van der Waals surface area (Å²) in [7, 11) is 0. The first-order chi connectivity index (χ1) is 12.2. The molecule has 1 fully saturated rings. The van der Waals surface area contributed by atoms with E-state index in [9.17, 15) is 4.79 Å². The lowest BCUT2D eigenvalue weighted by atomic mass is 9.94. The SMILES string of the molecule is CCc1oc(C(=O)NC2CCc3cn[nH]c3C2)cc1CN1CCCC1.